The van der Waals surface area contributed by atoms with Crippen molar-refractivity contribution in [3.05, 3.63) is 89.0 Å². The zero-order valence-electron chi connectivity index (χ0n) is 19.7. The third-order valence-corrected chi connectivity index (χ3v) is 5.45. The number of hydrogen-bond acceptors (Lipinski definition) is 6. The maximum atomic E-state index is 13.0. The first kappa shape index (κ1) is 25.5. The first-order valence-corrected chi connectivity index (χ1v) is 11.6. The molecule has 0 spiro atoms. The molecule has 9 nitrogen and oxygen atoms in total. The second-order valence-electron chi connectivity index (χ2n) is 7.80. The first-order valence-electron chi connectivity index (χ1n) is 11.3. The average molecular weight is 520 g/mol. The molecule has 0 unspecified atom stereocenters. The van der Waals surface area contributed by atoms with Crippen molar-refractivity contribution in [2.24, 2.45) is 0 Å². The van der Waals surface area contributed by atoms with Gasteiger partial charge in [-0.3, -0.25) is 19.7 Å². The van der Waals surface area contributed by atoms with E-state index in [0.29, 0.717) is 40.1 Å². The lowest BCUT2D eigenvalue weighted by molar-refractivity contribution is -0.122. The molecule has 0 aromatic heterocycles. The number of barbiturate groups is 1. The highest BCUT2D eigenvalue weighted by molar-refractivity contribution is 6.39. The zero-order valence-corrected chi connectivity index (χ0v) is 20.5. The number of benzene rings is 3. The molecule has 0 atom stereocenters. The minimum absolute atomic E-state index is 0.204. The van der Waals surface area contributed by atoms with Crippen molar-refractivity contribution in [3.8, 4) is 11.5 Å². The summed E-state index contributed by atoms with van der Waals surface area (Å²) in [7, 11) is 0. The van der Waals surface area contributed by atoms with Gasteiger partial charge in [-0.15, -0.1) is 0 Å². The van der Waals surface area contributed by atoms with Gasteiger partial charge in [-0.25, -0.2) is 9.69 Å². The molecule has 0 bridgehead atoms. The van der Waals surface area contributed by atoms with Gasteiger partial charge in [0.25, 0.3) is 17.7 Å². The Balaban J connectivity index is 1.42. The van der Waals surface area contributed by atoms with Crippen LogP contribution in [0.15, 0.2) is 78.4 Å². The molecule has 3 aromatic carbocycles. The number of hydrogen-bond donors (Lipinski definition) is 2. The number of amides is 5. The van der Waals surface area contributed by atoms with Gasteiger partial charge in [-0.1, -0.05) is 23.7 Å². The monoisotopic (exact) mass is 519 g/mol. The Hall–Kier alpha value is -4.63. The van der Waals surface area contributed by atoms with Crippen LogP contribution < -0.4 is 25.0 Å². The Kier molecular flexibility index (Phi) is 7.85. The quantitative estimate of drug-likeness (QED) is 0.336. The molecule has 0 radical (unpaired) electrons. The van der Waals surface area contributed by atoms with Gasteiger partial charge in [0.15, 0.2) is 6.61 Å². The number of rotatable bonds is 8. The normalized spacial score (nSPS) is 14.4. The minimum atomic E-state index is -0.836. The predicted molar refractivity (Wildman–Crippen MR) is 139 cm³/mol. The molecule has 1 aliphatic heterocycles. The highest BCUT2D eigenvalue weighted by Gasteiger charge is 2.36. The van der Waals surface area contributed by atoms with Gasteiger partial charge in [-0.2, -0.15) is 0 Å². The Labute approximate surface area is 217 Å². The number of urea groups is 1. The molecule has 10 heteroatoms. The van der Waals surface area contributed by atoms with E-state index >= 15 is 0 Å². The summed E-state index contributed by atoms with van der Waals surface area (Å²) in [4.78, 5) is 50.8. The van der Waals surface area contributed by atoms with E-state index in [0.717, 1.165) is 4.90 Å². The summed E-state index contributed by atoms with van der Waals surface area (Å²) < 4.78 is 10.9. The topological polar surface area (TPSA) is 114 Å². The molecule has 1 fully saturated rings. The van der Waals surface area contributed by atoms with Crippen LogP contribution in [0.3, 0.4) is 0 Å². The molecule has 188 valence electrons. The van der Waals surface area contributed by atoms with Crippen LogP contribution in [0.1, 0.15) is 12.5 Å². The van der Waals surface area contributed by atoms with Crippen LogP contribution in [0.4, 0.5) is 16.2 Å². The largest absolute Gasteiger partial charge is 0.494 e. The van der Waals surface area contributed by atoms with Crippen molar-refractivity contribution in [2.75, 3.05) is 23.4 Å². The highest BCUT2D eigenvalue weighted by atomic mass is 35.5. The second-order valence-corrected chi connectivity index (χ2v) is 8.23. The number of nitrogens with zero attached hydrogens (tertiary/aromatic N) is 1. The smallest absolute Gasteiger partial charge is 0.335 e. The first-order chi connectivity index (χ1) is 17.8. The summed E-state index contributed by atoms with van der Waals surface area (Å²) in [6.45, 7) is 2.10. The molecule has 5 amide bonds. The maximum Gasteiger partial charge on any atom is 0.335 e. The molecule has 4 rings (SSSR count). The average Bonchev–Trinajstić information content (AvgIpc) is 2.88. The van der Waals surface area contributed by atoms with Crippen LogP contribution in [0.25, 0.3) is 6.08 Å². The van der Waals surface area contributed by atoms with Crippen LogP contribution in [-0.4, -0.2) is 37.0 Å². The maximum absolute atomic E-state index is 13.0. The van der Waals surface area contributed by atoms with E-state index in [9.17, 15) is 19.2 Å². The number of imide groups is 2. The van der Waals surface area contributed by atoms with Gasteiger partial charge in [0.2, 0.25) is 0 Å². The molecule has 2 N–H and O–H groups in total. The molecule has 1 aliphatic rings. The number of carbonyl (C=O) groups excluding carboxylic acids is 4. The number of anilines is 2. The molecule has 1 heterocycles. The van der Waals surface area contributed by atoms with Crippen LogP contribution >= 0.6 is 11.6 Å². The lowest BCUT2D eigenvalue weighted by atomic mass is 10.1. The molecule has 37 heavy (non-hydrogen) atoms. The fourth-order valence-corrected chi connectivity index (χ4v) is 3.58. The van der Waals surface area contributed by atoms with Crippen molar-refractivity contribution < 1.29 is 28.7 Å². The zero-order chi connectivity index (χ0) is 26.4. The lowest BCUT2D eigenvalue weighted by Crippen LogP contribution is -2.54. The van der Waals surface area contributed by atoms with Crippen LogP contribution in [-0.2, 0) is 14.4 Å². The fourth-order valence-electron chi connectivity index (χ4n) is 3.46. The second kappa shape index (κ2) is 11.4. The van der Waals surface area contributed by atoms with Crippen LogP contribution in [0, 0.1) is 0 Å². The summed E-state index contributed by atoms with van der Waals surface area (Å²) >= 11 is 5.83. The fraction of sp³-hybridized carbons (Fsp3) is 0.111. The van der Waals surface area contributed by atoms with E-state index in [1.165, 1.54) is 6.08 Å². The Morgan fingerprint density at radius 1 is 0.919 bits per heavy atom. The summed E-state index contributed by atoms with van der Waals surface area (Å²) in [5, 5.41) is 5.44. The van der Waals surface area contributed by atoms with E-state index in [2.05, 4.69) is 10.6 Å². The van der Waals surface area contributed by atoms with Crippen molar-refractivity contribution >= 4 is 52.8 Å². The van der Waals surface area contributed by atoms with E-state index in [-0.39, 0.29) is 18.1 Å². The van der Waals surface area contributed by atoms with Gasteiger partial charge in [-0.05, 0) is 79.2 Å². The van der Waals surface area contributed by atoms with Crippen LogP contribution in [0.2, 0.25) is 5.02 Å². The van der Waals surface area contributed by atoms with Crippen molar-refractivity contribution in [1.29, 1.82) is 0 Å². The molecular weight excluding hydrogens is 498 g/mol. The Bertz CT molecular complexity index is 1350. The SMILES string of the molecule is CCOc1ccc(N2C(=O)NC(=O)/C(=C\c3ccc(OCC(=O)Nc4ccc(Cl)cc4)cc3)C2=O)cc1. The number of ether oxygens (including phenoxy) is 2. The van der Waals surface area contributed by atoms with E-state index in [1.807, 2.05) is 6.92 Å². The summed E-state index contributed by atoms with van der Waals surface area (Å²) in [6, 6.07) is 18.7. The van der Waals surface area contributed by atoms with Gasteiger partial charge in [0, 0.05) is 10.7 Å². The summed E-state index contributed by atoms with van der Waals surface area (Å²) in [6.07, 6.45) is 1.38. The molecule has 1 saturated heterocycles. The number of nitrogens with one attached hydrogen (secondary N) is 2. The molecule has 0 aliphatic carbocycles. The molecule has 3 aromatic rings. The van der Waals surface area contributed by atoms with Crippen LogP contribution in [0.5, 0.6) is 11.5 Å². The van der Waals surface area contributed by atoms with Gasteiger partial charge in [0.05, 0.1) is 12.3 Å². The van der Waals surface area contributed by atoms with Gasteiger partial charge in [0.1, 0.15) is 17.1 Å². The van der Waals surface area contributed by atoms with E-state index < -0.39 is 17.8 Å². The lowest BCUT2D eigenvalue weighted by Gasteiger charge is -2.26. The molecule has 0 saturated carbocycles. The number of carbonyl (C=O) groups is 4. The van der Waals surface area contributed by atoms with Crippen molar-refractivity contribution in [3.63, 3.8) is 0 Å². The third kappa shape index (κ3) is 6.33. The van der Waals surface area contributed by atoms with Gasteiger partial charge < -0.3 is 14.8 Å². The highest BCUT2D eigenvalue weighted by Crippen LogP contribution is 2.25. The summed E-state index contributed by atoms with van der Waals surface area (Å²) in [5.74, 6) is -0.891. The Morgan fingerprint density at radius 3 is 2.19 bits per heavy atom. The minimum Gasteiger partial charge on any atom is -0.494 e. The third-order valence-electron chi connectivity index (χ3n) is 5.20. The van der Waals surface area contributed by atoms with E-state index in [4.69, 9.17) is 21.1 Å². The predicted octanol–water partition coefficient (Wildman–Crippen LogP) is 4.42. The molecular formula is C27H22ClN3O6. The Morgan fingerprint density at radius 2 is 1.54 bits per heavy atom. The number of halogens is 1. The standard InChI is InChI=1S/C27H22ClN3O6/c1-2-36-21-13-9-20(10-14-21)31-26(34)23(25(33)30-27(31)35)15-17-3-11-22(12-4-17)37-16-24(32)29-19-7-5-18(28)6-8-19/h3-15H,2,16H2,1H3,(H,29,32)(H,30,33,35)/b23-15+. The van der Waals surface area contributed by atoms with Crippen molar-refractivity contribution in [2.45, 2.75) is 6.92 Å². The van der Waals surface area contributed by atoms with Crippen molar-refractivity contribution in [1.82, 2.24) is 5.32 Å². The summed E-state index contributed by atoms with van der Waals surface area (Å²) in [5.41, 5.74) is 1.21. The van der Waals surface area contributed by atoms with E-state index in [1.54, 1.807) is 72.8 Å². The van der Waals surface area contributed by atoms with Gasteiger partial charge >= 0.3 is 6.03 Å².